The van der Waals surface area contributed by atoms with Crippen LogP contribution in [0.25, 0.3) is 0 Å². The molecule has 17 heavy (non-hydrogen) atoms. The van der Waals surface area contributed by atoms with Crippen LogP contribution in [0.5, 0.6) is 0 Å². The normalized spacial score (nSPS) is 12.4. The van der Waals surface area contributed by atoms with E-state index in [1.807, 2.05) is 6.92 Å². The van der Waals surface area contributed by atoms with E-state index in [9.17, 15) is 9.90 Å². The van der Waals surface area contributed by atoms with Crippen LogP contribution in [0.1, 0.15) is 28.7 Å². The zero-order valence-electron chi connectivity index (χ0n) is 9.97. The molecule has 0 saturated carbocycles. The summed E-state index contributed by atoms with van der Waals surface area (Å²) in [4.78, 5) is 12.3. The molecule has 1 aromatic heterocycles. The predicted molar refractivity (Wildman–Crippen MR) is 64.1 cm³/mol. The number of nitrogens with one attached hydrogen (secondary N) is 1. The van der Waals surface area contributed by atoms with Crippen molar-refractivity contribution in [2.75, 3.05) is 20.3 Å². The summed E-state index contributed by atoms with van der Waals surface area (Å²) in [5.74, 6) is -0.237. The molecule has 7 heteroatoms. The van der Waals surface area contributed by atoms with E-state index >= 15 is 0 Å². The molecule has 0 bridgehead atoms. The summed E-state index contributed by atoms with van der Waals surface area (Å²) in [6.45, 7) is 2.38. The van der Waals surface area contributed by atoms with Crippen molar-refractivity contribution < 1.29 is 14.6 Å². The molecule has 1 unspecified atom stereocenters. The number of nitrogens with zero attached hydrogens (tertiary/aromatic N) is 2. The number of hydrogen-bond acceptors (Lipinski definition) is 6. The highest BCUT2D eigenvalue weighted by molar-refractivity contribution is 7.08. The van der Waals surface area contributed by atoms with Crippen LogP contribution in [0.2, 0.25) is 0 Å². The summed E-state index contributed by atoms with van der Waals surface area (Å²) in [6.07, 6.45) is 0.956. The van der Waals surface area contributed by atoms with Gasteiger partial charge in [0.1, 0.15) is 4.88 Å². The molecule has 1 amide bonds. The number of methoxy groups -OCH3 is 1. The number of carbonyl (C=O) groups excluding carboxylic acids is 1. The lowest BCUT2D eigenvalue weighted by atomic mass is 10.2. The molecule has 0 radical (unpaired) electrons. The molecular weight excluding hydrogens is 242 g/mol. The molecule has 1 heterocycles. The van der Waals surface area contributed by atoms with Crippen LogP contribution in [0.3, 0.4) is 0 Å². The van der Waals surface area contributed by atoms with Crippen LogP contribution >= 0.6 is 11.5 Å². The molecular formula is C10H17N3O3S. The number of aliphatic hydroxyl groups is 1. The van der Waals surface area contributed by atoms with Gasteiger partial charge >= 0.3 is 0 Å². The third kappa shape index (κ3) is 4.37. The first-order valence-electron chi connectivity index (χ1n) is 5.45. The minimum Gasteiger partial charge on any atom is -0.389 e. The standard InChI is InChI=1S/C10H17N3O3S/c1-3-4-8-9(17-13-12-8)10(15)11-5-7(14)6-16-2/h7,14H,3-6H2,1-2H3,(H,11,15). The lowest BCUT2D eigenvalue weighted by molar-refractivity contribution is 0.0610. The Kier molecular flexibility index (Phi) is 6.03. The first-order chi connectivity index (χ1) is 8.19. The lowest BCUT2D eigenvalue weighted by Crippen LogP contribution is -2.34. The highest BCUT2D eigenvalue weighted by Gasteiger charge is 2.16. The fourth-order valence-electron chi connectivity index (χ4n) is 1.32. The molecule has 96 valence electrons. The smallest absolute Gasteiger partial charge is 0.265 e. The second-order valence-electron chi connectivity index (χ2n) is 3.62. The Hall–Kier alpha value is -1.05. The second-order valence-corrected chi connectivity index (χ2v) is 4.37. The van der Waals surface area contributed by atoms with Crippen LogP contribution in [0.4, 0.5) is 0 Å². The van der Waals surface area contributed by atoms with E-state index in [0.29, 0.717) is 4.88 Å². The Morgan fingerprint density at radius 3 is 3.06 bits per heavy atom. The van der Waals surface area contributed by atoms with Crippen molar-refractivity contribution in [3.8, 4) is 0 Å². The maximum absolute atomic E-state index is 11.8. The molecule has 1 atom stereocenters. The SMILES string of the molecule is CCCc1nnsc1C(=O)NCC(O)COC. The van der Waals surface area contributed by atoms with Crippen molar-refractivity contribution in [2.45, 2.75) is 25.9 Å². The quantitative estimate of drug-likeness (QED) is 0.732. The third-order valence-corrected chi connectivity index (χ3v) is 2.87. The van der Waals surface area contributed by atoms with Crippen LogP contribution in [0, 0.1) is 0 Å². The van der Waals surface area contributed by atoms with Crippen molar-refractivity contribution in [3.63, 3.8) is 0 Å². The molecule has 6 nitrogen and oxygen atoms in total. The highest BCUT2D eigenvalue weighted by atomic mass is 32.1. The van der Waals surface area contributed by atoms with Gasteiger partial charge in [-0.25, -0.2) is 0 Å². The highest BCUT2D eigenvalue weighted by Crippen LogP contribution is 2.12. The van der Waals surface area contributed by atoms with Gasteiger partial charge in [0, 0.05) is 13.7 Å². The average Bonchev–Trinajstić information content (AvgIpc) is 2.75. The van der Waals surface area contributed by atoms with Gasteiger partial charge in [-0.05, 0) is 18.0 Å². The maximum atomic E-state index is 11.8. The van der Waals surface area contributed by atoms with Crippen LogP contribution in [-0.4, -0.2) is 47.0 Å². The molecule has 0 aliphatic rings. The Morgan fingerprint density at radius 1 is 1.65 bits per heavy atom. The summed E-state index contributed by atoms with van der Waals surface area (Å²) in [6, 6.07) is 0. The van der Waals surface area contributed by atoms with Gasteiger partial charge in [0.15, 0.2) is 0 Å². The van der Waals surface area contributed by atoms with E-state index in [2.05, 4.69) is 14.9 Å². The Labute approximate surface area is 104 Å². The maximum Gasteiger partial charge on any atom is 0.265 e. The lowest BCUT2D eigenvalue weighted by Gasteiger charge is -2.10. The van der Waals surface area contributed by atoms with Gasteiger partial charge in [-0.15, -0.1) is 5.10 Å². The molecule has 2 N–H and O–H groups in total. The Morgan fingerprint density at radius 2 is 2.41 bits per heavy atom. The largest absolute Gasteiger partial charge is 0.389 e. The zero-order valence-corrected chi connectivity index (χ0v) is 10.8. The molecule has 0 aromatic carbocycles. The topological polar surface area (TPSA) is 84.3 Å². The van der Waals surface area contributed by atoms with Crippen LogP contribution in [0.15, 0.2) is 0 Å². The number of ether oxygens (including phenoxy) is 1. The third-order valence-electron chi connectivity index (χ3n) is 2.11. The molecule has 1 aromatic rings. The summed E-state index contributed by atoms with van der Waals surface area (Å²) >= 11 is 1.08. The number of aryl methyl sites for hydroxylation is 1. The monoisotopic (exact) mass is 259 g/mol. The van der Waals surface area contributed by atoms with Gasteiger partial charge in [-0.3, -0.25) is 4.79 Å². The molecule has 0 aliphatic heterocycles. The fraction of sp³-hybridized carbons (Fsp3) is 0.700. The first-order valence-corrected chi connectivity index (χ1v) is 6.22. The molecule has 0 spiro atoms. The van der Waals surface area contributed by atoms with E-state index in [1.165, 1.54) is 7.11 Å². The van der Waals surface area contributed by atoms with Gasteiger partial charge in [0.05, 0.1) is 18.4 Å². The minimum absolute atomic E-state index is 0.163. The average molecular weight is 259 g/mol. The van der Waals surface area contributed by atoms with E-state index in [1.54, 1.807) is 0 Å². The van der Waals surface area contributed by atoms with Crippen LogP contribution in [-0.2, 0) is 11.2 Å². The van der Waals surface area contributed by atoms with Crippen molar-refractivity contribution in [1.82, 2.24) is 14.9 Å². The zero-order chi connectivity index (χ0) is 12.7. The molecule has 0 saturated heterocycles. The summed E-state index contributed by atoms with van der Waals surface area (Å²) in [5.41, 5.74) is 0.719. The van der Waals surface area contributed by atoms with E-state index < -0.39 is 6.10 Å². The van der Waals surface area contributed by atoms with Crippen molar-refractivity contribution in [3.05, 3.63) is 10.6 Å². The fourth-order valence-corrected chi connectivity index (χ4v) is 1.95. The van der Waals surface area contributed by atoms with Crippen LogP contribution < -0.4 is 5.32 Å². The van der Waals surface area contributed by atoms with Gasteiger partial charge in [0.25, 0.3) is 5.91 Å². The van der Waals surface area contributed by atoms with Gasteiger partial charge in [0.2, 0.25) is 0 Å². The van der Waals surface area contributed by atoms with E-state index in [-0.39, 0.29) is 19.1 Å². The first kappa shape index (κ1) is 14.0. The number of aliphatic hydroxyl groups excluding tert-OH is 1. The molecule has 0 aliphatic carbocycles. The van der Waals surface area contributed by atoms with Gasteiger partial charge in [-0.2, -0.15) is 0 Å². The van der Waals surface area contributed by atoms with Crippen molar-refractivity contribution in [2.24, 2.45) is 0 Å². The van der Waals surface area contributed by atoms with Gasteiger partial charge < -0.3 is 15.2 Å². The minimum atomic E-state index is -0.695. The number of carbonyl (C=O) groups is 1. The number of rotatable bonds is 7. The van der Waals surface area contributed by atoms with Gasteiger partial charge in [-0.1, -0.05) is 17.8 Å². The van der Waals surface area contributed by atoms with E-state index in [4.69, 9.17) is 4.74 Å². The number of aromatic nitrogens is 2. The number of hydrogen-bond donors (Lipinski definition) is 2. The number of amides is 1. The molecule has 1 rings (SSSR count). The molecule has 0 fully saturated rings. The Balaban J connectivity index is 2.49. The van der Waals surface area contributed by atoms with E-state index in [0.717, 1.165) is 30.1 Å². The second kappa shape index (κ2) is 7.31. The van der Waals surface area contributed by atoms with Crippen molar-refractivity contribution >= 4 is 17.4 Å². The Bertz CT molecular complexity index is 356. The summed E-state index contributed by atoms with van der Waals surface area (Å²) < 4.78 is 8.53. The predicted octanol–water partition coefficient (Wildman–Crippen LogP) is 0.228. The summed E-state index contributed by atoms with van der Waals surface area (Å²) in [5, 5.41) is 15.9. The summed E-state index contributed by atoms with van der Waals surface area (Å²) in [7, 11) is 1.50. The van der Waals surface area contributed by atoms with Crippen molar-refractivity contribution in [1.29, 1.82) is 0 Å².